The van der Waals surface area contributed by atoms with Crippen molar-refractivity contribution in [3.63, 3.8) is 0 Å². The molecule has 0 aliphatic carbocycles. The van der Waals surface area contributed by atoms with Gasteiger partial charge in [0, 0.05) is 0 Å². The minimum atomic E-state index is 0.282. The molecule has 0 unspecified atom stereocenters. The molecule has 1 aromatic rings. The molecule has 0 spiro atoms. The minimum absolute atomic E-state index is 0.282. The van der Waals surface area contributed by atoms with Crippen LogP contribution >= 0.6 is 0 Å². The monoisotopic (exact) mass is 194 g/mol. The van der Waals surface area contributed by atoms with Crippen LogP contribution in [0.3, 0.4) is 0 Å². The fraction of sp³-hybridized carbons (Fsp3) is 0.455. The van der Waals surface area contributed by atoms with Crippen LogP contribution in [0.5, 0.6) is 11.5 Å². The molecule has 1 aromatic carbocycles. The second-order valence-corrected chi connectivity index (χ2v) is 3.15. The maximum Gasteiger partial charge on any atom is 0.161 e. The van der Waals surface area contributed by atoms with E-state index in [2.05, 4.69) is 0 Å². The predicted octanol–water partition coefficient (Wildman–Crippen LogP) is 1.86. The summed E-state index contributed by atoms with van der Waals surface area (Å²) in [7, 11) is 0. The summed E-state index contributed by atoms with van der Waals surface area (Å²) in [5.74, 6) is 1.60. The van der Waals surface area contributed by atoms with Gasteiger partial charge >= 0.3 is 0 Å². The summed E-state index contributed by atoms with van der Waals surface area (Å²) >= 11 is 0. The van der Waals surface area contributed by atoms with Crippen LogP contribution in [0.4, 0.5) is 0 Å². The lowest BCUT2D eigenvalue weighted by Crippen LogP contribution is -2.05. The molecule has 2 rings (SSSR count). The summed E-state index contributed by atoms with van der Waals surface area (Å²) in [6, 6.07) is 7.69. The quantitative estimate of drug-likeness (QED) is 0.670. The molecule has 1 aliphatic rings. The molecule has 3 heteroatoms. The Labute approximate surface area is 83.6 Å². The smallest absolute Gasteiger partial charge is 0.161 e. The van der Waals surface area contributed by atoms with E-state index in [1.807, 2.05) is 31.2 Å². The maximum atomic E-state index is 5.56. The van der Waals surface area contributed by atoms with E-state index < -0.39 is 0 Å². The van der Waals surface area contributed by atoms with E-state index in [1.54, 1.807) is 0 Å². The summed E-state index contributed by atoms with van der Waals surface area (Å²) in [5, 5.41) is 0. The summed E-state index contributed by atoms with van der Waals surface area (Å²) in [6.07, 6.45) is 0.282. The van der Waals surface area contributed by atoms with Crippen molar-refractivity contribution in [3.8, 4) is 11.5 Å². The summed E-state index contributed by atoms with van der Waals surface area (Å²) in [6.45, 7) is 4.04. The zero-order valence-corrected chi connectivity index (χ0v) is 8.23. The van der Waals surface area contributed by atoms with Crippen LogP contribution in [-0.2, 0) is 4.74 Å². The molecule has 1 saturated heterocycles. The molecule has 0 bridgehead atoms. The van der Waals surface area contributed by atoms with Crippen LogP contribution in [0, 0.1) is 0 Å². The zero-order valence-electron chi connectivity index (χ0n) is 8.23. The lowest BCUT2D eigenvalue weighted by molar-refractivity contribution is 0.245. The van der Waals surface area contributed by atoms with Gasteiger partial charge in [-0.1, -0.05) is 12.1 Å². The second kappa shape index (κ2) is 4.33. The Kier molecular flexibility index (Phi) is 2.89. The van der Waals surface area contributed by atoms with E-state index in [1.165, 1.54) is 0 Å². The van der Waals surface area contributed by atoms with Crippen LogP contribution in [-0.4, -0.2) is 25.9 Å². The van der Waals surface area contributed by atoms with E-state index in [-0.39, 0.29) is 6.10 Å². The first-order chi connectivity index (χ1) is 6.90. The predicted molar refractivity (Wildman–Crippen MR) is 52.8 cm³/mol. The molecule has 0 amide bonds. The molecule has 0 radical (unpaired) electrons. The SMILES string of the molecule is CCOc1ccccc1OC[C@H]1CO1. The van der Waals surface area contributed by atoms with Gasteiger partial charge in [0.1, 0.15) is 12.7 Å². The number of rotatable bonds is 5. The van der Waals surface area contributed by atoms with Crippen molar-refractivity contribution in [1.82, 2.24) is 0 Å². The number of hydrogen-bond donors (Lipinski definition) is 0. The van der Waals surface area contributed by atoms with Gasteiger partial charge in [-0.15, -0.1) is 0 Å². The van der Waals surface area contributed by atoms with Gasteiger partial charge < -0.3 is 14.2 Å². The van der Waals surface area contributed by atoms with E-state index >= 15 is 0 Å². The normalized spacial score (nSPS) is 19.1. The highest BCUT2D eigenvalue weighted by atomic mass is 16.6. The Bertz CT molecular complexity index is 294. The molecule has 3 nitrogen and oxygen atoms in total. The van der Waals surface area contributed by atoms with Crippen molar-refractivity contribution in [1.29, 1.82) is 0 Å². The Morgan fingerprint density at radius 1 is 1.29 bits per heavy atom. The first kappa shape index (κ1) is 9.34. The van der Waals surface area contributed by atoms with Crippen LogP contribution in [0.15, 0.2) is 24.3 Å². The minimum Gasteiger partial charge on any atom is -0.490 e. The molecule has 1 heterocycles. The molecule has 1 fully saturated rings. The van der Waals surface area contributed by atoms with E-state index in [4.69, 9.17) is 14.2 Å². The van der Waals surface area contributed by atoms with Gasteiger partial charge in [-0.25, -0.2) is 0 Å². The van der Waals surface area contributed by atoms with E-state index in [0.717, 1.165) is 18.1 Å². The molecule has 76 valence electrons. The van der Waals surface area contributed by atoms with Crippen molar-refractivity contribution in [2.24, 2.45) is 0 Å². The fourth-order valence-corrected chi connectivity index (χ4v) is 1.19. The Balaban J connectivity index is 1.97. The van der Waals surface area contributed by atoms with Crippen molar-refractivity contribution >= 4 is 0 Å². The van der Waals surface area contributed by atoms with Crippen LogP contribution in [0.2, 0.25) is 0 Å². The number of para-hydroxylation sites is 2. The lowest BCUT2D eigenvalue weighted by Gasteiger charge is -2.10. The van der Waals surface area contributed by atoms with Gasteiger partial charge in [0.2, 0.25) is 0 Å². The van der Waals surface area contributed by atoms with Crippen molar-refractivity contribution in [3.05, 3.63) is 24.3 Å². The summed E-state index contributed by atoms with van der Waals surface area (Å²) in [5.41, 5.74) is 0. The molecule has 0 aromatic heterocycles. The van der Waals surface area contributed by atoms with Gasteiger partial charge in [0.05, 0.1) is 13.2 Å². The number of ether oxygens (including phenoxy) is 3. The molecule has 0 N–H and O–H groups in total. The molecule has 14 heavy (non-hydrogen) atoms. The van der Waals surface area contributed by atoms with Crippen molar-refractivity contribution in [2.45, 2.75) is 13.0 Å². The van der Waals surface area contributed by atoms with Crippen LogP contribution in [0.1, 0.15) is 6.92 Å². The second-order valence-electron chi connectivity index (χ2n) is 3.15. The maximum absolute atomic E-state index is 5.56. The first-order valence-electron chi connectivity index (χ1n) is 4.86. The highest BCUT2D eigenvalue weighted by molar-refractivity contribution is 5.39. The van der Waals surface area contributed by atoms with Crippen molar-refractivity contribution < 1.29 is 14.2 Å². The zero-order chi connectivity index (χ0) is 9.80. The Hall–Kier alpha value is -1.22. The van der Waals surface area contributed by atoms with E-state index in [9.17, 15) is 0 Å². The number of hydrogen-bond acceptors (Lipinski definition) is 3. The topological polar surface area (TPSA) is 31.0 Å². The average molecular weight is 194 g/mol. The van der Waals surface area contributed by atoms with Crippen LogP contribution < -0.4 is 9.47 Å². The summed E-state index contributed by atoms with van der Waals surface area (Å²) in [4.78, 5) is 0. The highest BCUT2D eigenvalue weighted by Crippen LogP contribution is 2.27. The van der Waals surface area contributed by atoms with Gasteiger partial charge in [-0.3, -0.25) is 0 Å². The van der Waals surface area contributed by atoms with Crippen LogP contribution in [0.25, 0.3) is 0 Å². The average Bonchev–Trinajstić information content (AvgIpc) is 3.01. The third-order valence-corrected chi connectivity index (χ3v) is 1.98. The standard InChI is InChI=1S/C11H14O3/c1-2-12-10-5-3-4-6-11(10)14-8-9-7-13-9/h3-6,9H,2,7-8H2,1H3/t9-/m1/s1. The molecule has 0 saturated carbocycles. The van der Waals surface area contributed by atoms with Gasteiger partial charge in [0.15, 0.2) is 11.5 Å². The van der Waals surface area contributed by atoms with E-state index in [0.29, 0.717) is 13.2 Å². The molecule has 1 atom stereocenters. The van der Waals surface area contributed by atoms with Gasteiger partial charge in [-0.2, -0.15) is 0 Å². The van der Waals surface area contributed by atoms with Crippen molar-refractivity contribution in [2.75, 3.05) is 19.8 Å². The fourth-order valence-electron chi connectivity index (χ4n) is 1.19. The highest BCUT2D eigenvalue weighted by Gasteiger charge is 2.23. The van der Waals surface area contributed by atoms with Gasteiger partial charge in [-0.05, 0) is 19.1 Å². The third kappa shape index (κ3) is 2.39. The molecular weight excluding hydrogens is 180 g/mol. The summed E-state index contributed by atoms with van der Waals surface area (Å²) < 4.78 is 16.1. The Morgan fingerprint density at radius 2 is 1.93 bits per heavy atom. The Morgan fingerprint density at radius 3 is 2.50 bits per heavy atom. The molecular formula is C11H14O3. The molecule has 1 aliphatic heterocycles. The number of benzene rings is 1. The number of epoxide rings is 1. The van der Waals surface area contributed by atoms with Gasteiger partial charge in [0.25, 0.3) is 0 Å². The largest absolute Gasteiger partial charge is 0.490 e. The first-order valence-corrected chi connectivity index (χ1v) is 4.86. The lowest BCUT2D eigenvalue weighted by atomic mass is 10.3. The third-order valence-electron chi connectivity index (χ3n) is 1.98.